The van der Waals surface area contributed by atoms with Gasteiger partial charge in [-0.3, -0.25) is 0 Å². The van der Waals surface area contributed by atoms with E-state index >= 15 is 0 Å². The third-order valence-electron chi connectivity index (χ3n) is 8.23. The number of rotatable bonds is 3. The van der Waals surface area contributed by atoms with Gasteiger partial charge in [-0.2, -0.15) is 0 Å². The van der Waals surface area contributed by atoms with Gasteiger partial charge in [0.05, 0.1) is 5.69 Å². The number of thiophene rings is 1. The summed E-state index contributed by atoms with van der Waals surface area (Å²) in [5.74, 6) is 0. The van der Waals surface area contributed by atoms with Crippen LogP contribution in [0.4, 0.5) is 17.1 Å². The van der Waals surface area contributed by atoms with Gasteiger partial charge in [0, 0.05) is 53.8 Å². The van der Waals surface area contributed by atoms with Crippen LogP contribution in [-0.4, -0.2) is 0 Å². The molecule has 0 aliphatic heterocycles. The highest BCUT2D eigenvalue weighted by molar-refractivity contribution is 7.25. The molecular formula is C38H23NOS. The monoisotopic (exact) mass is 541 g/mol. The van der Waals surface area contributed by atoms with Crippen molar-refractivity contribution in [1.29, 1.82) is 0 Å². The van der Waals surface area contributed by atoms with Gasteiger partial charge in [-0.25, -0.2) is 0 Å². The Bertz CT molecular complexity index is 2330. The standard InChI is InChI=1S/C38H23NOS/c1-2-10-27-24(9-1)21-34(29-12-4-3-11-28(27)29)39(25-17-19-31-30-13-5-7-15-35(30)40-36(31)22-25)26-18-20-33-32-14-6-8-16-37(32)41-38(33)23-26/h1-23H. The van der Waals surface area contributed by atoms with E-state index < -0.39 is 0 Å². The lowest BCUT2D eigenvalue weighted by atomic mass is 9.99. The Labute approximate surface area is 240 Å². The van der Waals surface area contributed by atoms with Crippen LogP contribution in [0.15, 0.2) is 144 Å². The zero-order chi connectivity index (χ0) is 26.9. The summed E-state index contributed by atoms with van der Waals surface area (Å²) in [4.78, 5) is 2.39. The fraction of sp³-hybridized carbons (Fsp3) is 0. The maximum atomic E-state index is 6.36. The minimum Gasteiger partial charge on any atom is -0.456 e. The Morgan fingerprint density at radius 3 is 1.90 bits per heavy atom. The molecule has 0 aliphatic carbocycles. The van der Waals surface area contributed by atoms with E-state index in [-0.39, 0.29) is 0 Å². The molecule has 3 heteroatoms. The first kappa shape index (κ1) is 22.7. The molecule has 192 valence electrons. The number of hydrogen-bond acceptors (Lipinski definition) is 3. The molecule has 0 spiro atoms. The first-order valence-electron chi connectivity index (χ1n) is 13.9. The molecule has 0 unspecified atom stereocenters. The van der Waals surface area contributed by atoms with Gasteiger partial charge in [-0.15, -0.1) is 11.3 Å². The summed E-state index contributed by atoms with van der Waals surface area (Å²) in [7, 11) is 0. The van der Waals surface area contributed by atoms with E-state index in [1.807, 2.05) is 23.5 Å². The summed E-state index contributed by atoms with van der Waals surface area (Å²) in [6, 6.07) is 50.2. The summed E-state index contributed by atoms with van der Waals surface area (Å²) in [5.41, 5.74) is 5.14. The van der Waals surface area contributed by atoms with Gasteiger partial charge in [-0.1, -0.05) is 91.0 Å². The third-order valence-corrected chi connectivity index (χ3v) is 9.36. The first-order valence-corrected chi connectivity index (χ1v) is 14.7. The molecule has 0 saturated carbocycles. The number of benzene rings is 7. The van der Waals surface area contributed by atoms with E-state index in [4.69, 9.17) is 4.42 Å². The van der Waals surface area contributed by atoms with E-state index in [9.17, 15) is 0 Å². The van der Waals surface area contributed by atoms with Crippen molar-refractivity contribution in [2.45, 2.75) is 0 Å². The summed E-state index contributed by atoms with van der Waals surface area (Å²) >= 11 is 1.85. The Morgan fingerprint density at radius 1 is 0.415 bits per heavy atom. The van der Waals surface area contributed by atoms with Crippen molar-refractivity contribution >= 4 is 92.1 Å². The van der Waals surface area contributed by atoms with Crippen LogP contribution in [0.3, 0.4) is 0 Å². The van der Waals surface area contributed by atoms with Crippen LogP contribution in [0, 0.1) is 0 Å². The Hall–Kier alpha value is -5.12. The quantitative estimate of drug-likeness (QED) is 0.207. The maximum Gasteiger partial charge on any atom is 0.137 e. The lowest BCUT2D eigenvalue weighted by Crippen LogP contribution is -2.10. The van der Waals surface area contributed by atoms with Crippen LogP contribution >= 0.6 is 11.3 Å². The van der Waals surface area contributed by atoms with Crippen molar-refractivity contribution in [3.05, 3.63) is 140 Å². The molecule has 9 rings (SSSR count). The predicted molar refractivity (Wildman–Crippen MR) is 176 cm³/mol. The SMILES string of the molecule is c1ccc2c(c1)cc(N(c1ccc3c(c1)oc1ccccc13)c1ccc3c(c1)sc1ccccc13)c1ccccc12. The molecule has 0 radical (unpaired) electrons. The summed E-state index contributed by atoms with van der Waals surface area (Å²) in [5, 5.41) is 9.83. The van der Waals surface area contributed by atoms with E-state index in [1.165, 1.54) is 41.7 Å². The van der Waals surface area contributed by atoms with Gasteiger partial charge in [0.25, 0.3) is 0 Å². The van der Waals surface area contributed by atoms with Crippen molar-refractivity contribution < 1.29 is 4.42 Å². The number of anilines is 3. The van der Waals surface area contributed by atoms with Crippen LogP contribution in [0.2, 0.25) is 0 Å². The molecule has 7 aromatic carbocycles. The minimum atomic E-state index is 0.890. The van der Waals surface area contributed by atoms with Gasteiger partial charge >= 0.3 is 0 Å². The molecule has 0 saturated heterocycles. The van der Waals surface area contributed by atoms with Crippen molar-refractivity contribution in [2.24, 2.45) is 0 Å². The summed E-state index contributed by atoms with van der Waals surface area (Å²) in [6.45, 7) is 0. The average Bonchev–Trinajstić information content (AvgIpc) is 3.59. The Kier molecular flexibility index (Phi) is 4.80. The number of fused-ring (bicyclic) bond motifs is 9. The van der Waals surface area contributed by atoms with E-state index in [1.54, 1.807) is 0 Å². The second-order valence-corrected chi connectivity index (χ2v) is 11.6. The van der Waals surface area contributed by atoms with Gasteiger partial charge < -0.3 is 9.32 Å². The second kappa shape index (κ2) is 8.69. The topological polar surface area (TPSA) is 16.4 Å². The van der Waals surface area contributed by atoms with Crippen molar-refractivity contribution in [3.8, 4) is 0 Å². The van der Waals surface area contributed by atoms with Crippen molar-refractivity contribution in [3.63, 3.8) is 0 Å². The normalized spacial score (nSPS) is 11.9. The number of nitrogens with zero attached hydrogens (tertiary/aromatic N) is 1. The molecule has 0 fully saturated rings. The van der Waals surface area contributed by atoms with Crippen molar-refractivity contribution in [1.82, 2.24) is 0 Å². The van der Waals surface area contributed by atoms with Crippen LogP contribution in [-0.2, 0) is 0 Å². The van der Waals surface area contributed by atoms with E-state index in [0.29, 0.717) is 0 Å². The highest BCUT2D eigenvalue weighted by Crippen LogP contribution is 2.45. The lowest BCUT2D eigenvalue weighted by molar-refractivity contribution is 0.669. The molecule has 2 aromatic heterocycles. The Balaban J connectivity index is 1.36. The molecule has 0 atom stereocenters. The van der Waals surface area contributed by atoms with E-state index in [0.717, 1.165) is 39.0 Å². The van der Waals surface area contributed by atoms with Crippen LogP contribution < -0.4 is 4.90 Å². The Morgan fingerprint density at radius 2 is 1.02 bits per heavy atom. The minimum absolute atomic E-state index is 0.890. The summed E-state index contributed by atoms with van der Waals surface area (Å²) in [6.07, 6.45) is 0. The van der Waals surface area contributed by atoms with Crippen LogP contribution in [0.1, 0.15) is 0 Å². The van der Waals surface area contributed by atoms with Crippen LogP contribution in [0.5, 0.6) is 0 Å². The fourth-order valence-corrected chi connectivity index (χ4v) is 7.49. The fourth-order valence-electron chi connectivity index (χ4n) is 6.35. The highest BCUT2D eigenvalue weighted by Gasteiger charge is 2.20. The molecule has 0 aliphatic rings. The number of hydrogen-bond donors (Lipinski definition) is 0. The first-order chi connectivity index (χ1) is 20.3. The number of para-hydroxylation sites is 1. The smallest absolute Gasteiger partial charge is 0.137 e. The highest BCUT2D eigenvalue weighted by atomic mass is 32.1. The average molecular weight is 542 g/mol. The van der Waals surface area contributed by atoms with Gasteiger partial charge in [0.1, 0.15) is 11.2 Å². The molecule has 0 amide bonds. The predicted octanol–water partition coefficient (Wildman–Crippen LogP) is 11.7. The van der Waals surface area contributed by atoms with E-state index in [2.05, 4.69) is 132 Å². The van der Waals surface area contributed by atoms with Crippen LogP contribution in [0.25, 0.3) is 63.7 Å². The molecular weight excluding hydrogens is 518 g/mol. The second-order valence-electron chi connectivity index (χ2n) is 10.6. The lowest BCUT2D eigenvalue weighted by Gasteiger charge is -2.27. The number of furan rings is 1. The third kappa shape index (κ3) is 3.43. The van der Waals surface area contributed by atoms with Crippen molar-refractivity contribution in [2.75, 3.05) is 4.90 Å². The zero-order valence-electron chi connectivity index (χ0n) is 22.0. The maximum absolute atomic E-state index is 6.36. The molecule has 2 heterocycles. The molecule has 2 nitrogen and oxygen atoms in total. The largest absolute Gasteiger partial charge is 0.456 e. The van der Waals surface area contributed by atoms with Gasteiger partial charge in [-0.05, 0) is 58.6 Å². The molecule has 0 bridgehead atoms. The van der Waals surface area contributed by atoms with Gasteiger partial charge in [0.15, 0.2) is 0 Å². The molecule has 41 heavy (non-hydrogen) atoms. The summed E-state index contributed by atoms with van der Waals surface area (Å²) < 4.78 is 8.95. The van der Waals surface area contributed by atoms with Gasteiger partial charge in [0.2, 0.25) is 0 Å². The molecule has 0 N–H and O–H groups in total. The molecule has 9 aromatic rings. The zero-order valence-corrected chi connectivity index (χ0v) is 22.9.